The Hall–Kier alpha value is -1.78. The zero-order valence-corrected chi connectivity index (χ0v) is 11.8. The van der Waals surface area contributed by atoms with E-state index in [0.717, 1.165) is 0 Å². The number of nitro benzene ring substituents is 1. The van der Waals surface area contributed by atoms with E-state index in [0.29, 0.717) is 11.3 Å². The number of anilines is 1. The second-order valence-electron chi connectivity index (χ2n) is 5.15. The van der Waals surface area contributed by atoms with Crippen LogP contribution in [0.5, 0.6) is 0 Å². The summed E-state index contributed by atoms with van der Waals surface area (Å²) in [6, 6.07) is 4.12. The second-order valence-corrected chi connectivity index (χ2v) is 5.15. The van der Waals surface area contributed by atoms with Gasteiger partial charge in [0.1, 0.15) is 24.4 Å². The number of non-ortho nitro benzene ring substituents is 1. The van der Waals surface area contributed by atoms with E-state index in [-0.39, 0.29) is 5.69 Å². The first kappa shape index (κ1) is 16.6. The quantitative estimate of drug-likeness (QED) is 0.348. The summed E-state index contributed by atoms with van der Waals surface area (Å²) in [5.74, 6) is 0. The monoisotopic (exact) mass is 314 g/mol. The molecule has 1 aliphatic heterocycles. The Balaban J connectivity index is 2.12. The molecule has 0 bridgehead atoms. The molecular formula is C13H18N2O7. The first-order valence-electron chi connectivity index (χ1n) is 6.67. The van der Waals surface area contributed by atoms with Gasteiger partial charge in [0, 0.05) is 17.8 Å². The molecule has 0 amide bonds. The van der Waals surface area contributed by atoms with Crippen molar-refractivity contribution in [2.75, 3.05) is 11.9 Å². The molecule has 1 heterocycles. The van der Waals surface area contributed by atoms with E-state index in [9.17, 15) is 25.4 Å². The van der Waals surface area contributed by atoms with Crippen LogP contribution in [0.15, 0.2) is 18.2 Å². The predicted octanol–water partition coefficient (Wildman–Crippen LogP) is -0.885. The van der Waals surface area contributed by atoms with E-state index >= 15 is 0 Å². The Labute approximate surface area is 125 Å². The molecule has 1 aliphatic rings. The van der Waals surface area contributed by atoms with Crippen molar-refractivity contribution < 1.29 is 30.1 Å². The van der Waals surface area contributed by atoms with Gasteiger partial charge in [-0.3, -0.25) is 10.1 Å². The van der Waals surface area contributed by atoms with Crippen LogP contribution in [0.3, 0.4) is 0 Å². The number of ether oxygens (including phenoxy) is 1. The molecule has 5 N–H and O–H groups in total. The fraction of sp³-hybridized carbons (Fsp3) is 0.538. The minimum Gasteiger partial charge on any atom is -0.394 e. The lowest BCUT2D eigenvalue weighted by Gasteiger charge is -2.20. The maximum atomic E-state index is 10.7. The highest BCUT2D eigenvalue weighted by Gasteiger charge is 2.45. The van der Waals surface area contributed by atoms with Crippen LogP contribution in [0.1, 0.15) is 5.56 Å². The van der Waals surface area contributed by atoms with Gasteiger partial charge in [0.15, 0.2) is 6.23 Å². The number of hydrogen-bond donors (Lipinski definition) is 5. The third-order valence-electron chi connectivity index (χ3n) is 3.59. The van der Waals surface area contributed by atoms with Gasteiger partial charge in [-0.05, 0) is 18.6 Å². The number of aliphatic hydroxyl groups is 4. The Morgan fingerprint density at radius 3 is 2.64 bits per heavy atom. The van der Waals surface area contributed by atoms with E-state index in [1.165, 1.54) is 18.2 Å². The van der Waals surface area contributed by atoms with Crippen molar-refractivity contribution >= 4 is 11.4 Å². The highest BCUT2D eigenvalue weighted by Crippen LogP contribution is 2.28. The molecule has 0 aliphatic carbocycles. The molecule has 0 unspecified atom stereocenters. The highest BCUT2D eigenvalue weighted by molar-refractivity contribution is 5.55. The molecule has 1 saturated heterocycles. The third kappa shape index (κ3) is 3.18. The first-order chi connectivity index (χ1) is 10.3. The summed E-state index contributed by atoms with van der Waals surface area (Å²) in [6.07, 6.45) is -6.15. The summed E-state index contributed by atoms with van der Waals surface area (Å²) < 4.78 is 5.32. The number of nitrogens with one attached hydrogen (secondary N) is 1. The lowest BCUT2D eigenvalue weighted by molar-refractivity contribution is -0.384. The number of aryl methyl sites for hydroxylation is 1. The van der Waals surface area contributed by atoms with Gasteiger partial charge >= 0.3 is 0 Å². The molecule has 0 aromatic heterocycles. The minimum atomic E-state index is -1.36. The van der Waals surface area contributed by atoms with Crippen molar-refractivity contribution in [2.45, 2.75) is 37.6 Å². The second kappa shape index (κ2) is 6.55. The Morgan fingerprint density at radius 1 is 1.41 bits per heavy atom. The molecule has 0 spiro atoms. The van der Waals surface area contributed by atoms with Gasteiger partial charge in [-0.15, -0.1) is 0 Å². The van der Waals surface area contributed by atoms with Crippen molar-refractivity contribution in [3.05, 3.63) is 33.9 Å². The molecule has 9 heteroatoms. The zero-order chi connectivity index (χ0) is 16.4. The summed E-state index contributed by atoms with van der Waals surface area (Å²) in [5, 5.41) is 51.7. The van der Waals surface area contributed by atoms with Gasteiger partial charge in [-0.25, -0.2) is 0 Å². The SMILES string of the molecule is Cc1cc([N+](=O)[O-])ccc1N[C@@H]1O[C@H]([C@H](O)CO)[C@H](O)[C@H]1O. The van der Waals surface area contributed by atoms with E-state index in [1.807, 2.05) is 0 Å². The lowest BCUT2D eigenvalue weighted by atomic mass is 10.1. The van der Waals surface area contributed by atoms with Crippen LogP contribution in [-0.2, 0) is 4.74 Å². The Bertz CT molecular complexity index is 553. The average molecular weight is 314 g/mol. The van der Waals surface area contributed by atoms with Crippen molar-refractivity contribution in [1.82, 2.24) is 0 Å². The molecule has 0 radical (unpaired) electrons. The van der Waals surface area contributed by atoms with E-state index in [1.54, 1.807) is 6.92 Å². The molecule has 5 atom stereocenters. The normalized spacial score (nSPS) is 29.3. The van der Waals surface area contributed by atoms with Gasteiger partial charge in [0.05, 0.1) is 11.5 Å². The van der Waals surface area contributed by atoms with Crippen LogP contribution in [0.4, 0.5) is 11.4 Å². The van der Waals surface area contributed by atoms with Gasteiger partial charge in [0.2, 0.25) is 0 Å². The molecule has 0 saturated carbocycles. The van der Waals surface area contributed by atoms with E-state index in [2.05, 4.69) is 5.32 Å². The summed E-state index contributed by atoms with van der Waals surface area (Å²) >= 11 is 0. The van der Waals surface area contributed by atoms with Crippen LogP contribution in [0.2, 0.25) is 0 Å². The summed E-state index contributed by atoms with van der Waals surface area (Å²) in [7, 11) is 0. The van der Waals surface area contributed by atoms with Crippen LogP contribution in [-0.4, -0.2) is 62.6 Å². The minimum absolute atomic E-state index is 0.0652. The first-order valence-corrected chi connectivity index (χ1v) is 6.67. The molecular weight excluding hydrogens is 296 g/mol. The Kier molecular flexibility index (Phi) is 4.94. The summed E-state index contributed by atoms with van der Waals surface area (Å²) in [5.41, 5.74) is 0.983. The molecule has 1 aromatic rings. The maximum absolute atomic E-state index is 10.7. The van der Waals surface area contributed by atoms with Crippen LogP contribution in [0, 0.1) is 17.0 Å². The number of aliphatic hydroxyl groups excluding tert-OH is 4. The average Bonchev–Trinajstić information content (AvgIpc) is 2.76. The molecule has 22 heavy (non-hydrogen) atoms. The molecule has 2 rings (SSSR count). The third-order valence-corrected chi connectivity index (χ3v) is 3.59. The van der Waals surface area contributed by atoms with Gasteiger partial charge in [0.25, 0.3) is 5.69 Å². The van der Waals surface area contributed by atoms with Crippen LogP contribution in [0.25, 0.3) is 0 Å². The molecule has 1 aromatic carbocycles. The Morgan fingerprint density at radius 2 is 2.09 bits per heavy atom. The van der Waals surface area contributed by atoms with E-state index in [4.69, 9.17) is 9.84 Å². The summed E-state index contributed by atoms with van der Waals surface area (Å²) in [6.45, 7) is 1.03. The number of nitro groups is 1. The highest BCUT2D eigenvalue weighted by atomic mass is 16.6. The number of rotatable bonds is 5. The van der Waals surface area contributed by atoms with Gasteiger partial charge < -0.3 is 30.5 Å². The molecule has 1 fully saturated rings. The molecule has 122 valence electrons. The predicted molar refractivity (Wildman–Crippen MR) is 75.2 cm³/mol. The number of nitrogens with zero attached hydrogens (tertiary/aromatic N) is 1. The lowest BCUT2D eigenvalue weighted by Crippen LogP contribution is -2.40. The van der Waals surface area contributed by atoms with Crippen molar-refractivity contribution in [1.29, 1.82) is 0 Å². The summed E-state index contributed by atoms with van der Waals surface area (Å²) in [4.78, 5) is 10.2. The van der Waals surface area contributed by atoms with Gasteiger partial charge in [-0.2, -0.15) is 0 Å². The topological polar surface area (TPSA) is 145 Å². The van der Waals surface area contributed by atoms with Crippen LogP contribution >= 0.6 is 0 Å². The van der Waals surface area contributed by atoms with Crippen LogP contribution < -0.4 is 5.32 Å². The number of benzene rings is 1. The van der Waals surface area contributed by atoms with Gasteiger partial charge in [-0.1, -0.05) is 0 Å². The maximum Gasteiger partial charge on any atom is 0.269 e. The standard InChI is InChI=1S/C13H18N2O7/c1-6-4-7(15(20)21)2-3-8(6)14-13-11(19)10(18)12(22-13)9(17)5-16/h2-4,9-14,16-19H,5H2,1H3/t9-,10-,11-,12-,13-/m1/s1. The fourth-order valence-electron chi connectivity index (χ4n) is 2.32. The number of hydrogen-bond acceptors (Lipinski definition) is 8. The zero-order valence-electron chi connectivity index (χ0n) is 11.8. The van der Waals surface area contributed by atoms with Crippen molar-refractivity contribution in [3.63, 3.8) is 0 Å². The largest absolute Gasteiger partial charge is 0.394 e. The fourth-order valence-corrected chi connectivity index (χ4v) is 2.32. The molecule has 9 nitrogen and oxygen atoms in total. The van der Waals surface area contributed by atoms with E-state index < -0.39 is 42.2 Å². The van der Waals surface area contributed by atoms with Crippen molar-refractivity contribution in [3.8, 4) is 0 Å². The smallest absolute Gasteiger partial charge is 0.269 e. The van der Waals surface area contributed by atoms with Crippen molar-refractivity contribution in [2.24, 2.45) is 0 Å².